The molecule has 1 aliphatic rings. The van der Waals surface area contributed by atoms with E-state index in [0.717, 1.165) is 28.8 Å². The number of aryl methyl sites for hydroxylation is 1. The van der Waals surface area contributed by atoms with Crippen molar-refractivity contribution >= 4 is 23.5 Å². The minimum atomic E-state index is 0.0143. The molecule has 4 rings (SSSR count). The number of phenols is 1. The van der Waals surface area contributed by atoms with E-state index in [4.69, 9.17) is 11.6 Å². The van der Waals surface area contributed by atoms with Crippen LogP contribution in [0.3, 0.4) is 0 Å². The first kappa shape index (κ1) is 15.7. The molecule has 1 heterocycles. The van der Waals surface area contributed by atoms with Gasteiger partial charge in [-0.2, -0.15) is 5.10 Å². The first-order valence-electron chi connectivity index (χ1n) is 7.98. The Morgan fingerprint density at radius 3 is 2.72 bits per heavy atom. The number of nitrogens with zero attached hydrogens (tertiary/aromatic N) is 2. The van der Waals surface area contributed by atoms with Crippen molar-refractivity contribution in [2.45, 2.75) is 12.8 Å². The maximum absolute atomic E-state index is 12.7. The van der Waals surface area contributed by atoms with Gasteiger partial charge in [0.25, 0.3) is 0 Å². The Labute approximate surface area is 150 Å². The maximum atomic E-state index is 12.7. The first-order valence-corrected chi connectivity index (χ1v) is 8.36. The highest BCUT2D eigenvalue weighted by molar-refractivity contribution is 6.30. The maximum Gasteiger partial charge on any atom is 0.189 e. The van der Waals surface area contributed by atoms with E-state index in [1.54, 1.807) is 29.1 Å². The highest BCUT2D eigenvalue weighted by Gasteiger charge is 2.22. The lowest BCUT2D eigenvalue weighted by molar-refractivity contribution is 0.102. The van der Waals surface area contributed by atoms with Gasteiger partial charge in [0.1, 0.15) is 5.75 Å². The molecule has 0 spiro atoms. The number of fused-ring (bicyclic) bond motifs is 1. The van der Waals surface area contributed by atoms with Gasteiger partial charge in [0, 0.05) is 27.9 Å². The van der Waals surface area contributed by atoms with Crippen molar-refractivity contribution in [2.75, 3.05) is 0 Å². The number of ketones is 1. The number of rotatable bonds is 2. The summed E-state index contributed by atoms with van der Waals surface area (Å²) in [7, 11) is 0. The number of halogens is 1. The molecule has 0 aliphatic heterocycles. The minimum Gasteiger partial charge on any atom is -0.508 e. The number of carbonyl (C=O) groups is 1. The Balaban J connectivity index is 1.62. The third-order valence-corrected chi connectivity index (χ3v) is 4.58. The standard InChI is InChI=1S/C20H15ClN2O2/c21-16-3-5-17(6-4-16)23-12-13(11-22-23)9-15-2-1-14-10-18(24)7-8-19(14)20(15)25/h3-12,24H,1-2H2/b15-9+. The number of aromatic nitrogens is 2. The lowest BCUT2D eigenvalue weighted by atomic mass is 9.86. The zero-order chi connectivity index (χ0) is 17.4. The Morgan fingerprint density at radius 2 is 1.92 bits per heavy atom. The fraction of sp³-hybridized carbons (Fsp3) is 0.100. The molecule has 0 atom stereocenters. The van der Waals surface area contributed by atoms with E-state index in [9.17, 15) is 9.90 Å². The summed E-state index contributed by atoms with van der Waals surface area (Å²) in [5.74, 6) is 0.212. The van der Waals surface area contributed by atoms with Gasteiger partial charge < -0.3 is 5.11 Å². The van der Waals surface area contributed by atoms with Gasteiger partial charge in [-0.15, -0.1) is 0 Å². The number of allylic oxidation sites excluding steroid dienone is 1. The highest BCUT2D eigenvalue weighted by atomic mass is 35.5. The minimum absolute atomic E-state index is 0.0143. The predicted molar refractivity (Wildman–Crippen MR) is 97.3 cm³/mol. The predicted octanol–water partition coefficient (Wildman–Crippen LogP) is 4.44. The summed E-state index contributed by atoms with van der Waals surface area (Å²) in [6.45, 7) is 0. The van der Waals surface area contributed by atoms with Crippen LogP contribution in [0.4, 0.5) is 0 Å². The molecule has 3 aromatic rings. The summed E-state index contributed by atoms with van der Waals surface area (Å²) in [6, 6.07) is 12.3. The van der Waals surface area contributed by atoms with Crippen molar-refractivity contribution < 1.29 is 9.90 Å². The second-order valence-corrected chi connectivity index (χ2v) is 6.47. The Bertz CT molecular complexity index is 987. The summed E-state index contributed by atoms with van der Waals surface area (Å²) >= 11 is 5.91. The van der Waals surface area contributed by atoms with E-state index in [1.807, 2.05) is 36.5 Å². The number of carbonyl (C=O) groups excluding carboxylic acids is 1. The fourth-order valence-electron chi connectivity index (χ4n) is 3.05. The van der Waals surface area contributed by atoms with Crippen LogP contribution in [0, 0.1) is 0 Å². The highest BCUT2D eigenvalue weighted by Crippen LogP contribution is 2.29. The van der Waals surface area contributed by atoms with Crippen molar-refractivity contribution in [3.63, 3.8) is 0 Å². The van der Waals surface area contributed by atoms with E-state index in [1.165, 1.54) is 0 Å². The molecule has 1 aliphatic carbocycles. The van der Waals surface area contributed by atoms with Gasteiger partial charge in [0.15, 0.2) is 5.78 Å². The summed E-state index contributed by atoms with van der Waals surface area (Å²) < 4.78 is 1.75. The molecule has 0 unspecified atom stereocenters. The second-order valence-electron chi connectivity index (χ2n) is 6.03. The summed E-state index contributed by atoms with van der Waals surface area (Å²) in [5.41, 5.74) is 4.11. The number of hydrogen-bond donors (Lipinski definition) is 1. The van der Waals surface area contributed by atoms with Gasteiger partial charge in [-0.05, 0) is 66.9 Å². The van der Waals surface area contributed by atoms with Gasteiger partial charge in [0.2, 0.25) is 0 Å². The van der Waals surface area contributed by atoms with Crippen molar-refractivity contribution in [3.8, 4) is 11.4 Å². The lowest BCUT2D eigenvalue weighted by Gasteiger charge is -2.17. The average molecular weight is 351 g/mol. The van der Waals surface area contributed by atoms with Gasteiger partial charge in [-0.25, -0.2) is 4.68 Å². The van der Waals surface area contributed by atoms with Crippen LogP contribution in [0.1, 0.15) is 27.9 Å². The molecule has 0 amide bonds. The number of phenolic OH excluding ortho intramolecular Hbond substituents is 1. The van der Waals surface area contributed by atoms with Crippen LogP contribution in [-0.2, 0) is 6.42 Å². The first-order chi connectivity index (χ1) is 12.1. The molecule has 2 aromatic carbocycles. The summed E-state index contributed by atoms with van der Waals surface area (Å²) in [4.78, 5) is 12.7. The number of Topliss-reactive ketones (excluding diaryl/α,β-unsaturated/α-hetero) is 1. The van der Waals surface area contributed by atoms with E-state index >= 15 is 0 Å². The van der Waals surface area contributed by atoms with E-state index < -0.39 is 0 Å². The van der Waals surface area contributed by atoms with Crippen molar-refractivity contribution in [3.05, 3.63) is 82.1 Å². The Kier molecular flexibility index (Phi) is 3.90. The molecule has 25 heavy (non-hydrogen) atoms. The monoisotopic (exact) mass is 350 g/mol. The van der Waals surface area contributed by atoms with Gasteiger partial charge >= 0.3 is 0 Å². The molecule has 0 radical (unpaired) electrons. The van der Waals surface area contributed by atoms with E-state index in [0.29, 0.717) is 17.0 Å². The number of aromatic hydroxyl groups is 1. The molecule has 0 saturated heterocycles. The zero-order valence-corrected chi connectivity index (χ0v) is 14.1. The van der Waals surface area contributed by atoms with Crippen molar-refractivity contribution in [2.24, 2.45) is 0 Å². The molecular weight excluding hydrogens is 336 g/mol. The van der Waals surface area contributed by atoms with Crippen molar-refractivity contribution in [1.82, 2.24) is 9.78 Å². The summed E-state index contributed by atoms with van der Waals surface area (Å²) in [5, 5.41) is 14.6. The smallest absolute Gasteiger partial charge is 0.189 e. The van der Waals surface area contributed by atoms with E-state index in [-0.39, 0.29) is 11.5 Å². The van der Waals surface area contributed by atoms with Crippen LogP contribution in [0.25, 0.3) is 11.8 Å². The van der Waals surface area contributed by atoms with Crippen molar-refractivity contribution in [1.29, 1.82) is 0 Å². The molecule has 4 nitrogen and oxygen atoms in total. The van der Waals surface area contributed by atoms with E-state index in [2.05, 4.69) is 5.10 Å². The van der Waals surface area contributed by atoms with Crippen LogP contribution in [-0.4, -0.2) is 20.7 Å². The zero-order valence-electron chi connectivity index (χ0n) is 13.3. The molecule has 0 saturated carbocycles. The molecular formula is C20H15ClN2O2. The average Bonchev–Trinajstić information content (AvgIpc) is 3.06. The SMILES string of the molecule is O=C1/C(=C/c2cnn(-c3ccc(Cl)cc3)c2)CCc2cc(O)ccc21. The Hall–Kier alpha value is -2.85. The topological polar surface area (TPSA) is 55.1 Å². The second kappa shape index (κ2) is 6.22. The van der Waals surface area contributed by atoms with Crippen LogP contribution >= 0.6 is 11.6 Å². The molecule has 124 valence electrons. The van der Waals surface area contributed by atoms with Crippen LogP contribution < -0.4 is 0 Å². The molecule has 0 bridgehead atoms. The van der Waals surface area contributed by atoms with Gasteiger partial charge in [0.05, 0.1) is 11.9 Å². The van der Waals surface area contributed by atoms with Crippen LogP contribution in [0.2, 0.25) is 5.02 Å². The molecule has 1 N–H and O–H groups in total. The van der Waals surface area contributed by atoms with Gasteiger partial charge in [-0.3, -0.25) is 4.79 Å². The number of benzene rings is 2. The Morgan fingerprint density at radius 1 is 1.12 bits per heavy atom. The third-order valence-electron chi connectivity index (χ3n) is 4.32. The summed E-state index contributed by atoms with van der Waals surface area (Å²) in [6.07, 6.45) is 6.91. The lowest BCUT2D eigenvalue weighted by Crippen LogP contribution is -2.13. The van der Waals surface area contributed by atoms with Crippen LogP contribution in [0.15, 0.2) is 60.4 Å². The molecule has 0 fully saturated rings. The normalized spacial score (nSPS) is 15.4. The largest absolute Gasteiger partial charge is 0.508 e. The third kappa shape index (κ3) is 3.08. The van der Waals surface area contributed by atoms with Crippen LogP contribution in [0.5, 0.6) is 5.75 Å². The van der Waals surface area contributed by atoms with Gasteiger partial charge in [-0.1, -0.05) is 11.6 Å². The molecule has 1 aromatic heterocycles. The molecule has 5 heteroatoms. The number of hydrogen-bond acceptors (Lipinski definition) is 3. The fourth-order valence-corrected chi connectivity index (χ4v) is 3.18. The quantitative estimate of drug-likeness (QED) is 0.695.